The summed E-state index contributed by atoms with van der Waals surface area (Å²) in [5.41, 5.74) is 1.68. The third-order valence-electron chi connectivity index (χ3n) is 5.35. The fraction of sp³-hybridized carbons (Fsp3) is 0.136. The van der Waals surface area contributed by atoms with Crippen molar-refractivity contribution < 1.29 is 4.74 Å². The van der Waals surface area contributed by atoms with Gasteiger partial charge in [0.15, 0.2) is 5.82 Å². The molecule has 0 unspecified atom stereocenters. The predicted molar refractivity (Wildman–Crippen MR) is 115 cm³/mol. The molecule has 2 aromatic carbocycles. The van der Waals surface area contributed by atoms with E-state index in [1.807, 2.05) is 36.4 Å². The van der Waals surface area contributed by atoms with Crippen LogP contribution in [0.15, 0.2) is 59.4 Å². The van der Waals surface area contributed by atoms with Crippen LogP contribution in [-0.2, 0) is 0 Å². The van der Waals surface area contributed by atoms with Crippen molar-refractivity contribution in [2.75, 3.05) is 5.32 Å². The van der Waals surface area contributed by atoms with Crippen LogP contribution in [0.4, 0.5) is 11.6 Å². The molecule has 6 rings (SSSR count). The molecular weight excluding hydrogens is 380 g/mol. The first-order valence-electron chi connectivity index (χ1n) is 9.83. The topological polar surface area (TPSA) is 111 Å². The van der Waals surface area contributed by atoms with Gasteiger partial charge < -0.3 is 10.1 Å². The van der Waals surface area contributed by atoms with Gasteiger partial charge in [0.25, 0.3) is 5.56 Å². The van der Waals surface area contributed by atoms with Gasteiger partial charge >= 0.3 is 0 Å². The molecule has 1 saturated carbocycles. The Hall–Kier alpha value is -4.07. The third-order valence-corrected chi connectivity index (χ3v) is 5.35. The fourth-order valence-electron chi connectivity index (χ4n) is 3.65. The Bertz CT molecular complexity index is 1440. The van der Waals surface area contributed by atoms with Crippen LogP contribution < -0.4 is 15.6 Å². The Balaban J connectivity index is 1.37. The third kappa shape index (κ3) is 2.98. The lowest BCUT2D eigenvalue weighted by atomic mass is 10.1. The van der Waals surface area contributed by atoms with Crippen LogP contribution in [0.2, 0.25) is 0 Å². The molecule has 0 aliphatic heterocycles. The zero-order chi connectivity index (χ0) is 20.1. The quantitative estimate of drug-likeness (QED) is 0.347. The fourth-order valence-corrected chi connectivity index (χ4v) is 3.65. The van der Waals surface area contributed by atoms with Gasteiger partial charge in [0.1, 0.15) is 11.6 Å². The van der Waals surface area contributed by atoms with Gasteiger partial charge in [0.2, 0.25) is 5.88 Å². The van der Waals surface area contributed by atoms with E-state index in [0.717, 1.165) is 22.3 Å². The zero-order valence-electron chi connectivity index (χ0n) is 15.9. The molecule has 0 saturated heterocycles. The van der Waals surface area contributed by atoms with Crippen molar-refractivity contribution >= 4 is 33.3 Å². The molecule has 0 atom stereocenters. The van der Waals surface area contributed by atoms with E-state index in [9.17, 15) is 4.79 Å². The van der Waals surface area contributed by atoms with E-state index in [-0.39, 0.29) is 5.56 Å². The minimum Gasteiger partial charge on any atom is -0.439 e. The SMILES string of the molecule is O=c1[nH][nH]c2cc(Oc3cc4ccccc4c(Nc4cc(C5CC5)[nH]n4)n3)ccc12. The summed E-state index contributed by atoms with van der Waals surface area (Å²) in [5, 5.41) is 18.8. The molecule has 0 spiro atoms. The van der Waals surface area contributed by atoms with E-state index in [1.54, 1.807) is 18.2 Å². The lowest BCUT2D eigenvalue weighted by molar-refractivity contribution is 0.465. The maximum Gasteiger partial charge on any atom is 0.271 e. The highest BCUT2D eigenvalue weighted by Crippen LogP contribution is 2.40. The first-order valence-corrected chi connectivity index (χ1v) is 9.83. The van der Waals surface area contributed by atoms with Gasteiger partial charge in [-0.1, -0.05) is 24.3 Å². The maximum atomic E-state index is 11.7. The molecule has 0 bridgehead atoms. The van der Waals surface area contributed by atoms with Crippen LogP contribution in [0.1, 0.15) is 24.5 Å². The number of benzene rings is 2. The summed E-state index contributed by atoms with van der Waals surface area (Å²) < 4.78 is 6.02. The molecule has 4 N–H and O–H groups in total. The summed E-state index contributed by atoms with van der Waals surface area (Å²) in [6.07, 6.45) is 2.42. The summed E-state index contributed by atoms with van der Waals surface area (Å²) in [6.45, 7) is 0. The summed E-state index contributed by atoms with van der Waals surface area (Å²) in [6, 6.07) is 17.2. The number of H-pyrrole nitrogens is 3. The average molecular weight is 398 g/mol. The minimum absolute atomic E-state index is 0.156. The number of hydrogen-bond acceptors (Lipinski definition) is 5. The molecule has 1 aliphatic carbocycles. The second-order valence-corrected chi connectivity index (χ2v) is 7.53. The number of rotatable bonds is 5. The maximum absolute atomic E-state index is 11.7. The standard InChI is InChI=1S/C22H18N6O2/c29-22-16-8-7-14(10-18(16)26-28-22)30-20-9-13-3-1-2-4-15(13)21(24-20)23-19-11-17(25-27-19)12-5-6-12/h1-4,7-12H,5-6H2,(H2,26,28,29)(H2,23,24,25,27). The molecule has 0 amide bonds. The summed E-state index contributed by atoms with van der Waals surface area (Å²) in [7, 11) is 0. The first-order chi connectivity index (χ1) is 14.7. The van der Waals surface area contributed by atoms with Crippen molar-refractivity contribution in [1.29, 1.82) is 0 Å². The van der Waals surface area contributed by atoms with Crippen molar-refractivity contribution in [3.8, 4) is 11.6 Å². The largest absolute Gasteiger partial charge is 0.439 e. The van der Waals surface area contributed by atoms with Crippen molar-refractivity contribution in [2.45, 2.75) is 18.8 Å². The van der Waals surface area contributed by atoms with Gasteiger partial charge in [-0.05, 0) is 30.4 Å². The van der Waals surface area contributed by atoms with Gasteiger partial charge in [-0.15, -0.1) is 0 Å². The highest BCUT2D eigenvalue weighted by molar-refractivity contribution is 5.94. The highest BCUT2D eigenvalue weighted by atomic mass is 16.5. The van der Waals surface area contributed by atoms with E-state index in [4.69, 9.17) is 4.74 Å². The highest BCUT2D eigenvalue weighted by Gasteiger charge is 2.25. The Morgan fingerprint density at radius 3 is 2.80 bits per heavy atom. The van der Waals surface area contributed by atoms with Gasteiger partial charge in [-0.2, -0.15) is 10.1 Å². The molecule has 5 aromatic rings. The molecule has 3 heterocycles. The lowest BCUT2D eigenvalue weighted by Crippen LogP contribution is -1.98. The molecule has 8 heteroatoms. The smallest absolute Gasteiger partial charge is 0.271 e. The number of nitrogens with one attached hydrogen (secondary N) is 4. The van der Waals surface area contributed by atoms with Crippen LogP contribution in [0, 0.1) is 0 Å². The number of fused-ring (bicyclic) bond motifs is 2. The van der Waals surface area contributed by atoms with Crippen LogP contribution in [-0.4, -0.2) is 25.4 Å². The number of hydrogen-bond donors (Lipinski definition) is 4. The Kier molecular flexibility index (Phi) is 3.64. The van der Waals surface area contributed by atoms with Crippen molar-refractivity contribution in [3.05, 3.63) is 70.6 Å². The number of ether oxygens (including phenoxy) is 1. The number of pyridine rings is 1. The van der Waals surface area contributed by atoms with Crippen LogP contribution >= 0.6 is 0 Å². The average Bonchev–Trinajstić information content (AvgIpc) is 3.40. The number of aromatic nitrogens is 5. The Morgan fingerprint density at radius 1 is 1.00 bits per heavy atom. The molecule has 30 heavy (non-hydrogen) atoms. The van der Waals surface area contributed by atoms with Gasteiger partial charge in [-0.3, -0.25) is 20.1 Å². The second-order valence-electron chi connectivity index (χ2n) is 7.53. The summed E-state index contributed by atoms with van der Waals surface area (Å²) in [4.78, 5) is 16.4. The van der Waals surface area contributed by atoms with E-state index in [2.05, 4.69) is 30.7 Å². The molecule has 1 aliphatic rings. The van der Waals surface area contributed by atoms with Crippen LogP contribution in [0.5, 0.6) is 11.6 Å². The summed E-state index contributed by atoms with van der Waals surface area (Å²) >= 11 is 0. The van der Waals surface area contributed by atoms with Crippen LogP contribution in [0.25, 0.3) is 21.7 Å². The Labute approximate surface area is 170 Å². The number of anilines is 2. The molecule has 1 fully saturated rings. The summed E-state index contributed by atoms with van der Waals surface area (Å²) in [5.74, 6) is 3.04. The molecule has 8 nitrogen and oxygen atoms in total. The predicted octanol–water partition coefficient (Wildman–Crippen LogP) is 4.54. The van der Waals surface area contributed by atoms with E-state index in [0.29, 0.717) is 34.3 Å². The minimum atomic E-state index is -0.156. The molecule has 0 radical (unpaired) electrons. The van der Waals surface area contributed by atoms with Crippen molar-refractivity contribution in [3.63, 3.8) is 0 Å². The molecule has 3 aromatic heterocycles. The molecule has 148 valence electrons. The number of nitrogens with zero attached hydrogens (tertiary/aromatic N) is 2. The van der Waals surface area contributed by atoms with E-state index in [1.165, 1.54) is 12.8 Å². The van der Waals surface area contributed by atoms with Gasteiger partial charge in [0, 0.05) is 35.2 Å². The lowest BCUT2D eigenvalue weighted by Gasteiger charge is -2.11. The monoisotopic (exact) mass is 398 g/mol. The normalized spacial score (nSPS) is 13.7. The van der Waals surface area contributed by atoms with Crippen molar-refractivity contribution in [1.82, 2.24) is 25.4 Å². The van der Waals surface area contributed by atoms with Gasteiger partial charge in [-0.25, -0.2) is 0 Å². The first kappa shape index (κ1) is 16.8. The second kappa shape index (κ2) is 6.48. The van der Waals surface area contributed by atoms with Crippen LogP contribution in [0.3, 0.4) is 0 Å². The number of aromatic amines is 3. The molecular formula is C22H18N6O2. The van der Waals surface area contributed by atoms with Gasteiger partial charge in [0.05, 0.1) is 10.9 Å². The van der Waals surface area contributed by atoms with E-state index >= 15 is 0 Å². The van der Waals surface area contributed by atoms with E-state index < -0.39 is 0 Å². The zero-order valence-corrected chi connectivity index (χ0v) is 15.9. The Morgan fingerprint density at radius 2 is 1.90 bits per heavy atom. The van der Waals surface area contributed by atoms with Crippen molar-refractivity contribution in [2.24, 2.45) is 0 Å².